The third-order valence-corrected chi connectivity index (χ3v) is 3.12. The number of benzene rings is 2. The third-order valence-electron chi connectivity index (χ3n) is 3.12. The van der Waals surface area contributed by atoms with E-state index >= 15 is 0 Å². The summed E-state index contributed by atoms with van der Waals surface area (Å²) in [4.78, 5) is 12.2. The predicted molar refractivity (Wildman–Crippen MR) is 74.5 cm³/mol. The number of hydrogen-bond acceptors (Lipinski definition) is 1. The second-order valence-electron chi connectivity index (χ2n) is 4.48. The van der Waals surface area contributed by atoms with Crippen LogP contribution in [0, 0.1) is 11.6 Å². The van der Waals surface area contributed by atoms with Crippen molar-refractivity contribution in [1.29, 1.82) is 0 Å². The van der Waals surface area contributed by atoms with Gasteiger partial charge in [-0.15, -0.1) is 0 Å². The highest BCUT2D eigenvalue weighted by molar-refractivity contribution is 5.95. The Bertz CT molecular complexity index is 599. The molecular formula is C16H15F2NO. The molecule has 104 valence electrons. The second kappa shape index (κ2) is 6.28. The second-order valence-corrected chi connectivity index (χ2v) is 4.48. The molecule has 2 aromatic carbocycles. The summed E-state index contributed by atoms with van der Waals surface area (Å²) < 4.78 is 26.3. The van der Waals surface area contributed by atoms with Gasteiger partial charge in [-0.25, -0.2) is 8.78 Å². The summed E-state index contributed by atoms with van der Waals surface area (Å²) in [7, 11) is 0. The Labute approximate surface area is 116 Å². The standard InChI is InChI=1S/C16H15F2NO/c1-2-13(11-6-4-3-5-7-11)16(20)19-15-9-8-12(17)10-14(15)18/h3-10,13H,2H2,1H3,(H,19,20)/t13-/m1/s1. The molecule has 0 bridgehead atoms. The maximum Gasteiger partial charge on any atom is 0.231 e. The first-order chi connectivity index (χ1) is 9.61. The van der Waals surface area contributed by atoms with Crippen LogP contribution in [0.1, 0.15) is 24.8 Å². The number of halogens is 2. The average molecular weight is 275 g/mol. The number of carbonyl (C=O) groups excluding carboxylic acids is 1. The zero-order chi connectivity index (χ0) is 14.5. The fourth-order valence-corrected chi connectivity index (χ4v) is 2.07. The number of rotatable bonds is 4. The molecule has 0 aromatic heterocycles. The highest BCUT2D eigenvalue weighted by Gasteiger charge is 2.19. The highest BCUT2D eigenvalue weighted by atomic mass is 19.1. The van der Waals surface area contributed by atoms with Crippen LogP contribution < -0.4 is 5.32 Å². The maximum atomic E-state index is 13.5. The van der Waals surface area contributed by atoms with Gasteiger partial charge in [-0.05, 0) is 24.1 Å². The van der Waals surface area contributed by atoms with Crippen LogP contribution in [-0.2, 0) is 4.79 Å². The van der Waals surface area contributed by atoms with Crippen LogP contribution in [0.4, 0.5) is 14.5 Å². The van der Waals surface area contributed by atoms with Crippen molar-refractivity contribution in [3.8, 4) is 0 Å². The van der Waals surface area contributed by atoms with Gasteiger partial charge in [0, 0.05) is 6.07 Å². The van der Waals surface area contributed by atoms with E-state index in [-0.39, 0.29) is 17.5 Å². The summed E-state index contributed by atoms with van der Waals surface area (Å²) in [6, 6.07) is 12.4. The zero-order valence-electron chi connectivity index (χ0n) is 11.1. The minimum absolute atomic E-state index is 0.00854. The molecule has 2 aromatic rings. The van der Waals surface area contributed by atoms with Crippen molar-refractivity contribution >= 4 is 11.6 Å². The van der Waals surface area contributed by atoms with Crippen LogP contribution in [-0.4, -0.2) is 5.91 Å². The van der Waals surface area contributed by atoms with Crippen molar-refractivity contribution in [3.05, 3.63) is 65.7 Å². The monoisotopic (exact) mass is 275 g/mol. The average Bonchev–Trinajstić information content (AvgIpc) is 2.44. The molecule has 0 fully saturated rings. The lowest BCUT2D eigenvalue weighted by Crippen LogP contribution is -2.21. The quantitative estimate of drug-likeness (QED) is 0.894. The molecule has 20 heavy (non-hydrogen) atoms. The van der Waals surface area contributed by atoms with Crippen LogP contribution in [0.3, 0.4) is 0 Å². The minimum atomic E-state index is -0.777. The number of amides is 1. The van der Waals surface area contributed by atoms with Crippen molar-refractivity contribution in [1.82, 2.24) is 0 Å². The molecule has 0 aliphatic heterocycles. The van der Waals surface area contributed by atoms with Crippen LogP contribution in [0.25, 0.3) is 0 Å². The van der Waals surface area contributed by atoms with Gasteiger partial charge in [-0.1, -0.05) is 37.3 Å². The van der Waals surface area contributed by atoms with Crippen LogP contribution in [0.2, 0.25) is 0 Å². The molecule has 1 atom stereocenters. The van der Waals surface area contributed by atoms with Gasteiger partial charge in [0.25, 0.3) is 0 Å². The fraction of sp³-hybridized carbons (Fsp3) is 0.188. The molecule has 2 rings (SSSR count). The Morgan fingerprint density at radius 3 is 2.45 bits per heavy atom. The summed E-state index contributed by atoms with van der Waals surface area (Å²) in [6.45, 7) is 1.89. The molecule has 0 aliphatic rings. The molecule has 0 aliphatic carbocycles. The van der Waals surface area contributed by atoms with E-state index < -0.39 is 11.6 Å². The lowest BCUT2D eigenvalue weighted by atomic mass is 9.95. The molecule has 2 nitrogen and oxygen atoms in total. The van der Waals surface area contributed by atoms with Crippen LogP contribution in [0.15, 0.2) is 48.5 Å². The Morgan fingerprint density at radius 2 is 1.85 bits per heavy atom. The number of hydrogen-bond donors (Lipinski definition) is 1. The summed E-state index contributed by atoms with van der Waals surface area (Å²) in [5.74, 6) is -2.11. The Kier molecular flexibility index (Phi) is 4.45. The van der Waals surface area contributed by atoms with E-state index in [1.165, 1.54) is 6.07 Å². The first-order valence-corrected chi connectivity index (χ1v) is 6.42. The highest BCUT2D eigenvalue weighted by Crippen LogP contribution is 2.23. The van der Waals surface area contributed by atoms with Gasteiger partial charge in [0.1, 0.15) is 11.6 Å². The van der Waals surface area contributed by atoms with Crippen molar-refractivity contribution < 1.29 is 13.6 Å². The smallest absolute Gasteiger partial charge is 0.231 e. The zero-order valence-corrected chi connectivity index (χ0v) is 11.1. The van der Waals surface area contributed by atoms with Gasteiger partial charge in [-0.2, -0.15) is 0 Å². The minimum Gasteiger partial charge on any atom is -0.323 e. The Morgan fingerprint density at radius 1 is 1.15 bits per heavy atom. The first kappa shape index (κ1) is 14.2. The van der Waals surface area contributed by atoms with Gasteiger partial charge < -0.3 is 5.32 Å². The van der Waals surface area contributed by atoms with E-state index in [1.54, 1.807) is 0 Å². The van der Waals surface area contributed by atoms with E-state index in [0.29, 0.717) is 6.42 Å². The van der Waals surface area contributed by atoms with Gasteiger partial charge >= 0.3 is 0 Å². The normalized spacial score (nSPS) is 11.9. The predicted octanol–water partition coefficient (Wildman–Crippen LogP) is 4.10. The van der Waals surface area contributed by atoms with Crippen molar-refractivity contribution in [3.63, 3.8) is 0 Å². The lowest BCUT2D eigenvalue weighted by molar-refractivity contribution is -0.117. The molecule has 0 spiro atoms. The summed E-state index contributed by atoms with van der Waals surface area (Å²) in [5, 5.41) is 2.51. The number of carbonyl (C=O) groups is 1. The van der Waals surface area contributed by atoms with E-state index in [2.05, 4.69) is 5.32 Å². The van der Waals surface area contributed by atoms with E-state index in [0.717, 1.165) is 17.7 Å². The van der Waals surface area contributed by atoms with Crippen molar-refractivity contribution in [2.45, 2.75) is 19.3 Å². The van der Waals surface area contributed by atoms with Crippen molar-refractivity contribution in [2.24, 2.45) is 0 Å². The Hall–Kier alpha value is -2.23. The molecule has 0 heterocycles. The van der Waals surface area contributed by atoms with Gasteiger partial charge in [0.05, 0.1) is 11.6 Å². The van der Waals surface area contributed by atoms with Crippen molar-refractivity contribution in [2.75, 3.05) is 5.32 Å². The lowest BCUT2D eigenvalue weighted by Gasteiger charge is -2.15. The van der Waals surface area contributed by atoms with E-state index in [1.807, 2.05) is 37.3 Å². The largest absolute Gasteiger partial charge is 0.323 e. The number of nitrogens with one attached hydrogen (secondary N) is 1. The molecule has 0 radical (unpaired) electrons. The summed E-state index contributed by atoms with van der Waals surface area (Å²) in [6.07, 6.45) is 0.596. The molecular weight excluding hydrogens is 260 g/mol. The SMILES string of the molecule is CC[C@@H](C(=O)Nc1ccc(F)cc1F)c1ccccc1. The molecule has 0 saturated heterocycles. The maximum absolute atomic E-state index is 13.5. The Balaban J connectivity index is 2.18. The molecule has 0 saturated carbocycles. The molecule has 4 heteroatoms. The molecule has 1 amide bonds. The van der Waals surface area contributed by atoms with Gasteiger partial charge in [0.15, 0.2) is 0 Å². The van der Waals surface area contributed by atoms with E-state index in [9.17, 15) is 13.6 Å². The summed E-state index contributed by atoms with van der Waals surface area (Å²) >= 11 is 0. The number of anilines is 1. The van der Waals surface area contributed by atoms with Crippen LogP contribution in [0.5, 0.6) is 0 Å². The van der Waals surface area contributed by atoms with Crippen LogP contribution >= 0.6 is 0 Å². The first-order valence-electron chi connectivity index (χ1n) is 6.42. The van der Waals surface area contributed by atoms with Gasteiger partial charge in [-0.3, -0.25) is 4.79 Å². The third kappa shape index (κ3) is 3.20. The van der Waals surface area contributed by atoms with Gasteiger partial charge in [0.2, 0.25) is 5.91 Å². The molecule has 1 N–H and O–H groups in total. The topological polar surface area (TPSA) is 29.1 Å². The molecule has 0 unspecified atom stereocenters. The fourth-order valence-electron chi connectivity index (χ4n) is 2.07. The summed E-state index contributed by atoms with van der Waals surface area (Å²) in [5.41, 5.74) is 0.862. The van der Waals surface area contributed by atoms with E-state index in [4.69, 9.17) is 0 Å².